The van der Waals surface area contributed by atoms with E-state index in [9.17, 15) is 38.4 Å². The Morgan fingerprint density at radius 3 is 1.10 bits per heavy atom. The Balaban J connectivity index is 0.000000105. The summed E-state index contributed by atoms with van der Waals surface area (Å²) in [5, 5.41) is 0. The van der Waals surface area contributed by atoms with Crippen molar-refractivity contribution in [1.29, 1.82) is 0 Å². The molecular weight excluding hydrogens is 749 g/mol. The standard InChI is InChI=1S/C19H24N2O4.C17H21NO2.C11H13NO2/c1-2-20-16(22)12-7-13-15(14(12)18(20)24)19(25)21(17(13)23)8-11-6-9-3-4-10(11)5-9;19-16-14-11-3-4-12(7-11)15(14)17(20)18(16)8-13-6-9-1-2-10(13)5-9;1-2-12-10(13)8-6-3-4-7(5-6)9(8)11(12)14/h9-15H,2-8H2,1H3;3-4,9-15H,1-2,5-8H2;3-4,6-9H,2,5H2,1H3. The van der Waals surface area contributed by atoms with E-state index in [2.05, 4.69) is 24.3 Å². The van der Waals surface area contributed by atoms with Gasteiger partial charge in [0.05, 0.1) is 47.3 Å². The minimum Gasteiger partial charge on any atom is -0.282 e. The van der Waals surface area contributed by atoms with Crippen LogP contribution < -0.4 is 0 Å². The molecule has 4 heterocycles. The Kier molecular flexibility index (Phi) is 8.87. The van der Waals surface area contributed by atoms with Gasteiger partial charge in [-0.15, -0.1) is 0 Å². The number of imide groups is 4. The summed E-state index contributed by atoms with van der Waals surface area (Å²) in [6, 6.07) is 0. The van der Waals surface area contributed by atoms with Crippen LogP contribution >= 0.6 is 0 Å². The number of amides is 8. The Labute approximate surface area is 345 Å². The first-order valence-electron chi connectivity index (χ1n) is 23.2. The van der Waals surface area contributed by atoms with E-state index < -0.39 is 23.7 Å². The maximum Gasteiger partial charge on any atom is 0.233 e. The second kappa shape index (κ2) is 13.8. The zero-order valence-corrected chi connectivity index (χ0v) is 34.4. The predicted molar refractivity (Wildman–Crippen MR) is 210 cm³/mol. The zero-order valence-electron chi connectivity index (χ0n) is 34.4. The third-order valence-electron chi connectivity index (χ3n) is 18.4. The van der Waals surface area contributed by atoms with Crippen molar-refractivity contribution in [2.45, 2.75) is 84.5 Å². The number of hydrogen-bond acceptors (Lipinski definition) is 8. The molecule has 18 atom stereocenters. The van der Waals surface area contributed by atoms with Crippen LogP contribution in [-0.4, -0.2) is 93.0 Å². The quantitative estimate of drug-likeness (QED) is 0.288. The topological polar surface area (TPSA) is 150 Å². The van der Waals surface area contributed by atoms with Crippen molar-refractivity contribution in [2.24, 2.45) is 107 Å². The molecule has 13 aliphatic rings. The van der Waals surface area contributed by atoms with Gasteiger partial charge in [0.1, 0.15) is 0 Å². The number of allylic oxidation sites excluding steroid dienone is 4. The maximum absolute atomic E-state index is 13.0. The molecule has 7 saturated carbocycles. The van der Waals surface area contributed by atoms with Crippen LogP contribution in [0.3, 0.4) is 0 Å². The minimum atomic E-state index is -0.598. The van der Waals surface area contributed by atoms with Crippen molar-refractivity contribution >= 4 is 47.3 Å². The Bertz CT molecular complexity index is 1930. The summed E-state index contributed by atoms with van der Waals surface area (Å²) in [4.78, 5) is 106. The van der Waals surface area contributed by atoms with E-state index in [4.69, 9.17) is 0 Å². The Morgan fingerprint density at radius 2 is 0.729 bits per heavy atom. The smallest absolute Gasteiger partial charge is 0.233 e. The zero-order chi connectivity index (χ0) is 40.8. The number of rotatable bonds is 6. The second-order valence-corrected chi connectivity index (χ2v) is 20.8. The third-order valence-corrected chi connectivity index (χ3v) is 18.4. The molecule has 9 aliphatic carbocycles. The molecular formula is C47H58N4O8. The molecule has 13 rings (SSSR count). The number of carbonyl (C=O) groups excluding carboxylic acids is 8. The molecule has 59 heavy (non-hydrogen) atoms. The van der Waals surface area contributed by atoms with Crippen LogP contribution in [0.1, 0.15) is 84.5 Å². The number of likely N-dealkylation sites (tertiary alicyclic amines) is 4. The summed E-state index contributed by atoms with van der Waals surface area (Å²) in [5.41, 5.74) is 0. The van der Waals surface area contributed by atoms with Crippen LogP contribution in [0.5, 0.6) is 0 Å². The fraction of sp³-hybridized carbons (Fsp3) is 0.745. The van der Waals surface area contributed by atoms with Gasteiger partial charge in [0, 0.05) is 26.2 Å². The number of fused-ring (bicyclic) bond motifs is 17. The van der Waals surface area contributed by atoms with Gasteiger partial charge in [0.15, 0.2) is 0 Å². The molecule has 0 aromatic carbocycles. The highest BCUT2D eigenvalue weighted by Crippen LogP contribution is 2.56. The first-order chi connectivity index (χ1) is 28.5. The van der Waals surface area contributed by atoms with Gasteiger partial charge >= 0.3 is 0 Å². The average Bonchev–Trinajstić information content (AvgIpc) is 4.07. The highest BCUT2D eigenvalue weighted by Gasteiger charge is 2.66. The molecule has 0 N–H and O–H groups in total. The van der Waals surface area contributed by atoms with E-state index in [-0.39, 0.29) is 70.9 Å². The molecule has 4 aliphatic heterocycles. The normalized spacial score (nSPS) is 47.0. The molecule has 8 amide bonds. The molecule has 0 aromatic heterocycles. The molecule has 0 radical (unpaired) electrons. The summed E-state index contributed by atoms with van der Waals surface area (Å²) >= 11 is 0. The molecule has 4 saturated heterocycles. The lowest BCUT2D eigenvalue weighted by Gasteiger charge is -2.27. The minimum absolute atomic E-state index is 0.00362. The number of hydrogen-bond donors (Lipinski definition) is 0. The first-order valence-corrected chi connectivity index (χ1v) is 23.2. The van der Waals surface area contributed by atoms with Gasteiger partial charge in [-0.2, -0.15) is 0 Å². The highest BCUT2D eigenvalue weighted by atomic mass is 16.2. The molecule has 0 aromatic rings. The SMILES string of the molecule is CCN1C(=O)C2C3C=CC(C3)C2C1=O.CCN1C(=O)C2CC3C(=O)N(CC4CC5CCC4C5)C(=O)C3C2C1=O.O=C1C2C3C=CC(C3)C2C(=O)N1CC1CC2CCC1C2. The van der Waals surface area contributed by atoms with E-state index in [1.54, 1.807) is 11.8 Å². The lowest BCUT2D eigenvalue weighted by molar-refractivity contribution is -0.144. The molecule has 11 fully saturated rings. The van der Waals surface area contributed by atoms with Gasteiger partial charge in [0.2, 0.25) is 47.3 Å². The first kappa shape index (κ1) is 38.0. The summed E-state index contributed by atoms with van der Waals surface area (Å²) in [7, 11) is 0. The lowest BCUT2D eigenvalue weighted by atomic mass is 9.85. The van der Waals surface area contributed by atoms with Gasteiger partial charge < -0.3 is 0 Å². The fourth-order valence-electron chi connectivity index (χ4n) is 15.8. The van der Waals surface area contributed by atoms with Gasteiger partial charge in [-0.1, -0.05) is 37.1 Å². The molecule has 12 nitrogen and oxygen atoms in total. The summed E-state index contributed by atoms with van der Waals surface area (Å²) in [6.07, 6.45) is 21.2. The third kappa shape index (κ3) is 5.44. The van der Waals surface area contributed by atoms with E-state index in [1.165, 1.54) is 59.6 Å². The summed E-state index contributed by atoms with van der Waals surface area (Å²) in [6.45, 7) is 5.78. The molecule has 314 valence electrons. The van der Waals surface area contributed by atoms with Crippen molar-refractivity contribution in [3.63, 3.8) is 0 Å². The summed E-state index contributed by atoms with van der Waals surface area (Å²) in [5.74, 6) is 3.10. The van der Waals surface area contributed by atoms with Crippen LogP contribution in [0.25, 0.3) is 0 Å². The van der Waals surface area contributed by atoms with Crippen molar-refractivity contribution in [3.05, 3.63) is 24.3 Å². The monoisotopic (exact) mass is 806 g/mol. The van der Waals surface area contributed by atoms with E-state index >= 15 is 0 Å². The van der Waals surface area contributed by atoms with Crippen molar-refractivity contribution in [2.75, 3.05) is 26.2 Å². The van der Waals surface area contributed by atoms with Crippen LogP contribution in [0, 0.1) is 107 Å². The van der Waals surface area contributed by atoms with Gasteiger partial charge in [-0.3, -0.25) is 58.0 Å². The van der Waals surface area contributed by atoms with Crippen LogP contribution in [-0.2, 0) is 38.4 Å². The van der Waals surface area contributed by atoms with Crippen molar-refractivity contribution in [3.8, 4) is 0 Å². The molecule has 12 heteroatoms. The average molecular weight is 807 g/mol. The number of nitrogens with zero attached hydrogens (tertiary/aromatic N) is 4. The van der Waals surface area contributed by atoms with Gasteiger partial charge in [0.25, 0.3) is 0 Å². The highest BCUT2D eigenvalue weighted by molar-refractivity contribution is 6.13. The fourth-order valence-corrected chi connectivity index (χ4v) is 15.8. The van der Waals surface area contributed by atoms with Crippen LogP contribution in [0.2, 0.25) is 0 Å². The molecule has 8 bridgehead atoms. The van der Waals surface area contributed by atoms with Crippen LogP contribution in [0.15, 0.2) is 24.3 Å². The van der Waals surface area contributed by atoms with Crippen molar-refractivity contribution < 1.29 is 38.4 Å². The predicted octanol–water partition coefficient (Wildman–Crippen LogP) is 4.09. The van der Waals surface area contributed by atoms with E-state index in [0.29, 0.717) is 67.5 Å². The van der Waals surface area contributed by atoms with Gasteiger partial charge in [-0.05, 0) is 131 Å². The van der Waals surface area contributed by atoms with E-state index in [1.807, 2.05) is 6.92 Å². The Hall–Kier alpha value is -3.96. The van der Waals surface area contributed by atoms with Crippen LogP contribution in [0.4, 0.5) is 0 Å². The number of carbonyl (C=O) groups is 8. The largest absolute Gasteiger partial charge is 0.282 e. The summed E-state index contributed by atoms with van der Waals surface area (Å²) < 4.78 is 0. The van der Waals surface area contributed by atoms with Gasteiger partial charge in [-0.25, -0.2) is 0 Å². The molecule has 0 spiro atoms. The maximum atomic E-state index is 13.0. The van der Waals surface area contributed by atoms with Crippen molar-refractivity contribution in [1.82, 2.24) is 19.6 Å². The Morgan fingerprint density at radius 1 is 0.390 bits per heavy atom. The second-order valence-electron chi connectivity index (χ2n) is 20.8. The molecule has 18 unspecified atom stereocenters. The van der Waals surface area contributed by atoms with E-state index in [0.717, 1.165) is 43.6 Å². The lowest BCUT2D eigenvalue weighted by Crippen LogP contribution is -2.39.